The lowest BCUT2D eigenvalue weighted by molar-refractivity contribution is 0.0381. The summed E-state index contributed by atoms with van der Waals surface area (Å²) < 4.78 is 0. The van der Waals surface area contributed by atoms with Crippen LogP contribution in [0.4, 0.5) is 0 Å². The van der Waals surface area contributed by atoms with E-state index in [0.717, 1.165) is 18.4 Å². The number of hydrogen-bond acceptors (Lipinski definition) is 2. The molecule has 3 saturated heterocycles. The van der Waals surface area contributed by atoms with E-state index in [9.17, 15) is 0 Å². The molecule has 2 bridgehead atoms. The number of rotatable bonds is 3. The highest BCUT2D eigenvalue weighted by Crippen LogP contribution is 2.42. The van der Waals surface area contributed by atoms with E-state index in [-0.39, 0.29) is 0 Å². The van der Waals surface area contributed by atoms with Gasteiger partial charge in [0, 0.05) is 29.6 Å². The van der Waals surface area contributed by atoms with E-state index in [0.29, 0.717) is 5.92 Å². The largest absolute Gasteiger partial charge is 0.361 e. The lowest BCUT2D eigenvalue weighted by atomic mass is 9.70. The van der Waals surface area contributed by atoms with E-state index in [4.69, 9.17) is 5.73 Å². The van der Waals surface area contributed by atoms with Crippen molar-refractivity contribution in [2.45, 2.75) is 25.7 Å². The molecule has 1 aromatic heterocycles. The van der Waals surface area contributed by atoms with Gasteiger partial charge in [0.25, 0.3) is 0 Å². The molecule has 1 aromatic carbocycles. The van der Waals surface area contributed by atoms with Crippen LogP contribution in [0.15, 0.2) is 24.4 Å². The quantitative estimate of drug-likeness (QED) is 0.910. The van der Waals surface area contributed by atoms with Gasteiger partial charge in [-0.2, -0.15) is 0 Å². The molecule has 3 aliphatic rings. The van der Waals surface area contributed by atoms with Crippen molar-refractivity contribution in [1.82, 2.24) is 9.88 Å². The van der Waals surface area contributed by atoms with Gasteiger partial charge in [0.2, 0.25) is 0 Å². The summed E-state index contributed by atoms with van der Waals surface area (Å²) in [5.74, 6) is 2.10. The molecule has 112 valence electrons. The van der Waals surface area contributed by atoms with Gasteiger partial charge in [0.15, 0.2) is 0 Å². The zero-order chi connectivity index (χ0) is 14.4. The minimum absolute atomic E-state index is 0.494. The van der Waals surface area contributed by atoms with E-state index in [1.54, 1.807) is 0 Å². The van der Waals surface area contributed by atoms with Crippen molar-refractivity contribution < 1.29 is 0 Å². The summed E-state index contributed by atoms with van der Waals surface area (Å²) in [5, 5.41) is 1.38. The van der Waals surface area contributed by atoms with Gasteiger partial charge in [-0.05, 0) is 68.9 Å². The molecule has 3 nitrogen and oxygen atoms in total. The van der Waals surface area contributed by atoms with Crippen LogP contribution in [0.25, 0.3) is 10.9 Å². The summed E-state index contributed by atoms with van der Waals surface area (Å²) in [5.41, 5.74) is 10.2. The lowest BCUT2D eigenvalue weighted by Gasteiger charge is -2.47. The second kappa shape index (κ2) is 5.15. The summed E-state index contributed by atoms with van der Waals surface area (Å²) in [4.78, 5) is 6.08. The molecule has 3 aliphatic heterocycles. The molecule has 21 heavy (non-hydrogen) atoms. The molecule has 4 heterocycles. The molecule has 0 radical (unpaired) electrons. The highest BCUT2D eigenvalue weighted by Gasteiger charge is 2.39. The number of piperidine rings is 3. The van der Waals surface area contributed by atoms with Crippen molar-refractivity contribution >= 4 is 10.9 Å². The Kier molecular flexibility index (Phi) is 3.27. The normalized spacial score (nSPS) is 29.9. The van der Waals surface area contributed by atoms with E-state index in [1.165, 1.54) is 54.5 Å². The number of benzene rings is 1. The van der Waals surface area contributed by atoms with Gasteiger partial charge in [-0.1, -0.05) is 11.6 Å². The molecule has 0 amide bonds. The van der Waals surface area contributed by atoms with E-state index < -0.39 is 0 Å². The zero-order valence-electron chi connectivity index (χ0n) is 12.8. The van der Waals surface area contributed by atoms with Crippen molar-refractivity contribution in [2.75, 3.05) is 26.2 Å². The standard InChI is InChI=1S/C18H25N3/c1-12-2-3-18-14(8-12)16(10-20-18)15(9-19)17-11-21-6-4-13(17)5-7-21/h2-3,8,10,13,15,17,20H,4-7,9,11,19H2,1H3. The second-order valence-electron chi connectivity index (χ2n) is 6.94. The van der Waals surface area contributed by atoms with Gasteiger partial charge >= 0.3 is 0 Å². The predicted octanol–water partition coefficient (Wildman–Crippen LogP) is 2.86. The van der Waals surface area contributed by atoms with Crippen molar-refractivity contribution in [1.29, 1.82) is 0 Å². The first-order valence-corrected chi connectivity index (χ1v) is 8.26. The van der Waals surface area contributed by atoms with Gasteiger partial charge in [0.1, 0.15) is 0 Å². The summed E-state index contributed by atoms with van der Waals surface area (Å²) in [7, 11) is 0. The SMILES string of the molecule is Cc1ccc2[nH]cc(C(CN)C3CN4CCC3CC4)c2c1. The number of aromatic amines is 1. The third-order valence-electron chi connectivity index (χ3n) is 5.75. The first-order valence-electron chi connectivity index (χ1n) is 8.26. The molecule has 0 spiro atoms. The van der Waals surface area contributed by atoms with Gasteiger partial charge in [-0.25, -0.2) is 0 Å². The van der Waals surface area contributed by atoms with Crippen LogP contribution in [0.2, 0.25) is 0 Å². The highest BCUT2D eigenvalue weighted by molar-refractivity contribution is 5.84. The average Bonchev–Trinajstić information content (AvgIpc) is 2.93. The van der Waals surface area contributed by atoms with Crippen LogP contribution in [0.3, 0.4) is 0 Å². The van der Waals surface area contributed by atoms with Crippen LogP contribution in [-0.4, -0.2) is 36.1 Å². The molecule has 2 aromatic rings. The first kappa shape index (κ1) is 13.4. The zero-order valence-corrected chi connectivity index (χ0v) is 12.8. The summed E-state index contributed by atoms with van der Waals surface area (Å²) >= 11 is 0. The van der Waals surface area contributed by atoms with Gasteiger partial charge < -0.3 is 15.6 Å². The van der Waals surface area contributed by atoms with E-state index >= 15 is 0 Å². The molecule has 3 fully saturated rings. The Morgan fingerprint density at radius 3 is 2.81 bits per heavy atom. The first-order chi connectivity index (χ1) is 10.3. The molecule has 3 N–H and O–H groups in total. The molecular weight excluding hydrogens is 258 g/mol. The Hall–Kier alpha value is -1.32. The van der Waals surface area contributed by atoms with Crippen molar-refractivity contribution in [3.63, 3.8) is 0 Å². The molecule has 2 atom stereocenters. The Morgan fingerprint density at radius 1 is 1.33 bits per heavy atom. The fourth-order valence-electron chi connectivity index (χ4n) is 4.56. The highest BCUT2D eigenvalue weighted by atomic mass is 15.1. The van der Waals surface area contributed by atoms with Crippen LogP contribution in [-0.2, 0) is 0 Å². The Bertz CT molecular complexity index is 637. The molecular formula is C18H25N3. The van der Waals surface area contributed by atoms with E-state index in [1.807, 2.05) is 0 Å². The molecule has 3 heteroatoms. The number of aryl methyl sites for hydroxylation is 1. The molecule has 0 aliphatic carbocycles. The predicted molar refractivity (Wildman–Crippen MR) is 87.5 cm³/mol. The second-order valence-corrected chi connectivity index (χ2v) is 6.94. The maximum absolute atomic E-state index is 6.22. The van der Waals surface area contributed by atoms with Crippen LogP contribution in [0.1, 0.15) is 29.9 Å². The van der Waals surface area contributed by atoms with Crippen LogP contribution in [0.5, 0.6) is 0 Å². The van der Waals surface area contributed by atoms with Gasteiger partial charge in [-0.3, -0.25) is 0 Å². The molecule has 5 rings (SSSR count). The summed E-state index contributed by atoms with van der Waals surface area (Å²) in [6.45, 7) is 6.76. The minimum Gasteiger partial charge on any atom is -0.361 e. The molecule has 2 unspecified atom stereocenters. The molecule has 0 saturated carbocycles. The fourth-order valence-corrected chi connectivity index (χ4v) is 4.56. The summed E-state index contributed by atoms with van der Waals surface area (Å²) in [6, 6.07) is 6.68. The third-order valence-corrected chi connectivity index (χ3v) is 5.75. The van der Waals surface area contributed by atoms with Crippen LogP contribution in [0, 0.1) is 18.8 Å². The maximum Gasteiger partial charge on any atom is 0.0457 e. The fraction of sp³-hybridized carbons (Fsp3) is 0.556. The summed E-state index contributed by atoms with van der Waals surface area (Å²) in [6.07, 6.45) is 4.93. The number of nitrogens with zero attached hydrogens (tertiary/aromatic N) is 1. The number of nitrogens with one attached hydrogen (secondary N) is 1. The van der Waals surface area contributed by atoms with Crippen molar-refractivity contribution in [3.05, 3.63) is 35.5 Å². The Balaban J connectivity index is 1.73. The van der Waals surface area contributed by atoms with Crippen LogP contribution < -0.4 is 5.73 Å². The van der Waals surface area contributed by atoms with Crippen molar-refractivity contribution in [3.8, 4) is 0 Å². The van der Waals surface area contributed by atoms with Gasteiger partial charge in [0.05, 0.1) is 0 Å². The van der Waals surface area contributed by atoms with Crippen LogP contribution >= 0.6 is 0 Å². The smallest absolute Gasteiger partial charge is 0.0457 e. The number of nitrogens with two attached hydrogens (primary N) is 1. The average molecular weight is 283 g/mol. The maximum atomic E-state index is 6.22. The lowest BCUT2D eigenvalue weighted by Crippen LogP contribution is -2.50. The topological polar surface area (TPSA) is 45.1 Å². The number of H-pyrrole nitrogens is 1. The van der Waals surface area contributed by atoms with Crippen molar-refractivity contribution in [2.24, 2.45) is 17.6 Å². The third kappa shape index (κ3) is 2.19. The Labute approximate surface area is 126 Å². The Morgan fingerprint density at radius 2 is 2.14 bits per heavy atom. The number of hydrogen-bond donors (Lipinski definition) is 2. The van der Waals surface area contributed by atoms with E-state index in [2.05, 4.69) is 41.2 Å². The van der Waals surface area contributed by atoms with Gasteiger partial charge in [-0.15, -0.1) is 0 Å². The monoisotopic (exact) mass is 283 g/mol. The minimum atomic E-state index is 0.494. The number of aromatic nitrogens is 1. The number of fused-ring (bicyclic) bond motifs is 4.